The van der Waals surface area contributed by atoms with E-state index in [1.165, 1.54) is 0 Å². The first-order valence-corrected chi connectivity index (χ1v) is 5.57. The molecule has 2 N–H and O–H groups in total. The molecule has 2 aromatic heterocycles. The number of hydrogen-bond acceptors (Lipinski definition) is 5. The zero-order chi connectivity index (χ0) is 12.7. The van der Waals surface area contributed by atoms with Gasteiger partial charge in [-0.05, 0) is 0 Å². The van der Waals surface area contributed by atoms with Crippen molar-refractivity contribution >= 4 is 11.5 Å². The number of ether oxygens (including phenoxy) is 1. The predicted molar refractivity (Wildman–Crippen MR) is 68.0 cm³/mol. The maximum absolute atomic E-state index is 5.81. The number of nitrogens with zero attached hydrogens (tertiary/aromatic N) is 4. The van der Waals surface area contributed by atoms with Crippen molar-refractivity contribution in [1.29, 1.82) is 0 Å². The third kappa shape index (κ3) is 1.54. The summed E-state index contributed by atoms with van der Waals surface area (Å²) < 4.78 is 6.98. The Morgan fingerprint density at radius 1 is 1.39 bits per heavy atom. The molecule has 1 aliphatic heterocycles. The Morgan fingerprint density at radius 2 is 2.22 bits per heavy atom. The number of rotatable bonds is 2. The van der Waals surface area contributed by atoms with E-state index in [0.29, 0.717) is 18.1 Å². The van der Waals surface area contributed by atoms with Gasteiger partial charge in [0.15, 0.2) is 0 Å². The van der Waals surface area contributed by atoms with Crippen molar-refractivity contribution in [2.24, 2.45) is 17.8 Å². The van der Waals surface area contributed by atoms with Crippen molar-refractivity contribution in [3.8, 4) is 17.0 Å². The summed E-state index contributed by atoms with van der Waals surface area (Å²) in [5.41, 5.74) is 9.49. The lowest BCUT2D eigenvalue weighted by Gasteiger charge is -2.08. The number of aromatic nitrogens is 3. The summed E-state index contributed by atoms with van der Waals surface area (Å²) in [7, 11) is 3.47. The van der Waals surface area contributed by atoms with Crippen molar-refractivity contribution in [3.63, 3.8) is 0 Å². The molecule has 18 heavy (non-hydrogen) atoms. The molecule has 0 amide bonds. The minimum atomic E-state index is 0.583. The first-order chi connectivity index (χ1) is 8.69. The van der Waals surface area contributed by atoms with Crippen LogP contribution in [-0.4, -0.2) is 27.7 Å². The average molecular weight is 243 g/mol. The third-order valence-electron chi connectivity index (χ3n) is 2.93. The molecule has 0 atom stereocenters. The number of amidine groups is 1. The van der Waals surface area contributed by atoms with Gasteiger partial charge in [0, 0.05) is 42.6 Å². The fraction of sp³-hybridized carbons (Fsp3) is 0.250. The summed E-state index contributed by atoms with van der Waals surface area (Å²) in [5, 5.41) is 4.16. The van der Waals surface area contributed by atoms with Gasteiger partial charge in [-0.3, -0.25) is 4.68 Å². The van der Waals surface area contributed by atoms with Gasteiger partial charge in [-0.25, -0.2) is 9.98 Å². The van der Waals surface area contributed by atoms with E-state index >= 15 is 0 Å². The SMILES string of the molecule is COc1ncc(-c2cnn(C)c2)c2c1CC(N)=N2. The maximum Gasteiger partial charge on any atom is 0.218 e. The molecule has 0 saturated carbocycles. The minimum absolute atomic E-state index is 0.583. The quantitative estimate of drug-likeness (QED) is 0.854. The molecule has 6 heteroatoms. The lowest BCUT2D eigenvalue weighted by atomic mass is 10.1. The first-order valence-electron chi connectivity index (χ1n) is 5.57. The number of methoxy groups -OCH3 is 1. The monoisotopic (exact) mass is 243 g/mol. The van der Waals surface area contributed by atoms with Crippen molar-refractivity contribution < 1.29 is 4.74 Å². The van der Waals surface area contributed by atoms with Crippen molar-refractivity contribution in [1.82, 2.24) is 14.8 Å². The fourth-order valence-electron chi connectivity index (χ4n) is 2.12. The van der Waals surface area contributed by atoms with Crippen molar-refractivity contribution in [2.45, 2.75) is 6.42 Å². The second-order valence-electron chi connectivity index (χ2n) is 4.19. The van der Waals surface area contributed by atoms with Gasteiger partial charge in [0.1, 0.15) is 5.84 Å². The second-order valence-corrected chi connectivity index (χ2v) is 4.19. The molecule has 3 heterocycles. The maximum atomic E-state index is 5.81. The van der Waals surface area contributed by atoms with Crippen LogP contribution in [-0.2, 0) is 13.5 Å². The highest BCUT2D eigenvalue weighted by molar-refractivity contribution is 5.96. The molecule has 0 spiro atoms. The van der Waals surface area contributed by atoms with Gasteiger partial charge in [-0.15, -0.1) is 0 Å². The summed E-state index contributed by atoms with van der Waals surface area (Å²) in [4.78, 5) is 8.68. The van der Waals surface area contributed by atoms with Gasteiger partial charge < -0.3 is 10.5 Å². The molecule has 0 radical (unpaired) electrons. The number of aryl methyl sites for hydroxylation is 1. The van der Waals surface area contributed by atoms with Gasteiger partial charge in [0.25, 0.3) is 0 Å². The molecule has 2 aromatic rings. The molecule has 92 valence electrons. The van der Waals surface area contributed by atoms with E-state index in [9.17, 15) is 0 Å². The van der Waals surface area contributed by atoms with Crippen LogP contribution >= 0.6 is 0 Å². The zero-order valence-corrected chi connectivity index (χ0v) is 10.2. The molecule has 0 unspecified atom stereocenters. The van der Waals surface area contributed by atoms with Crippen LogP contribution in [0.1, 0.15) is 5.56 Å². The predicted octanol–water partition coefficient (Wildman–Crippen LogP) is 1.04. The van der Waals surface area contributed by atoms with E-state index in [2.05, 4.69) is 15.1 Å². The summed E-state index contributed by atoms with van der Waals surface area (Å²) >= 11 is 0. The van der Waals surface area contributed by atoms with Crippen molar-refractivity contribution in [3.05, 3.63) is 24.2 Å². The van der Waals surface area contributed by atoms with Crippen LogP contribution in [0.25, 0.3) is 11.1 Å². The highest BCUT2D eigenvalue weighted by Gasteiger charge is 2.22. The molecule has 3 rings (SSSR count). The topological polar surface area (TPSA) is 78.3 Å². The summed E-state index contributed by atoms with van der Waals surface area (Å²) in [5.74, 6) is 1.17. The average Bonchev–Trinajstić information content (AvgIpc) is 2.93. The molecule has 0 aromatic carbocycles. The molecule has 0 bridgehead atoms. The van der Waals surface area contributed by atoms with Crippen LogP contribution in [0.2, 0.25) is 0 Å². The standard InChI is InChI=1S/C12H13N5O/c1-17-6-7(4-15-17)9-5-14-12(18-2)8-3-10(13)16-11(8)9/h4-6H,3H2,1-2H3,(H2,13,16). The molecule has 0 fully saturated rings. The second kappa shape index (κ2) is 3.83. The Balaban J connectivity index is 2.20. The molecular formula is C12H13N5O. The Bertz CT molecular complexity index is 644. The van der Waals surface area contributed by atoms with Crippen LogP contribution < -0.4 is 10.5 Å². The molecule has 6 nitrogen and oxygen atoms in total. The van der Waals surface area contributed by atoms with E-state index in [1.54, 1.807) is 24.2 Å². The molecule has 0 aliphatic carbocycles. The highest BCUT2D eigenvalue weighted by atomic mass is 16.5. The van der Waals surface area contributed by atoms with Gasteiger partial charge in [-0.2, -0.15) is 5.10 Å². The molecule has 0 saturated heterocycles. The number of fused-ring (bicyclic) bond motifs is 1. The smallest absolute Gasteiger partial charge is 0.218 e. The Morgan fingerprint density at radius 3 is 2.89 bits per heavy atom. The molecule has 1 aliphatic rings. The van der Waals surface area contributed by atoms with Crippen LogP contribution in [0.4, 0.5) is 5.69 Å². The van der Waals surface area contributed by atoms with E-state index in [1.807, 2.05) is 13.2 Å². The van der Waals surface area contributed by atoms with Crippen LogP contribution in [0.3, 0.4) is 0 Å². The number of nitrogens with two attached hydrogens (primary N) is 1. The number of pyridine rings is 1. The summed E-state index contributed by atoms with van der Waals surface area (Å²) in [6.45, 7) is 0. The largest absolute Gasteiger partial charge is 0.481 e. The normalized spacial score (nSPS) is 13.3. The Labute approximate surface area is 104 Å². The third-order valence-corrected chi connectivity index (χ3v) is 2.93. The fourth-order valence-corrected chi connectivity index (χ4v) is 2.12. The van der Waals surface area contributed by atoms with Crippen LogP contribution in [0, 0.1) is 0 Å². The lowest BCUT2D eigenvalue weighted by molar-refractivity contribution is 0.394. The Hall–Kier alpha value is -2.37. The van der Waals surface area contributed by atoms with Gasteiger partial charge >= 0.3 is 0 Å². The zero-order valence-electron chi connectivity index (χ0n) is 10.2. The first kappa shape index (κ1) is 10.8. The Kier molecular flexibility index (Phi) is 2.29. The van der Waals surface area contributed by atoms with E-state index in [0.717, 1.165) is 22.4 Å². The highest BCUT2D eigenvalue weighted by Crippen LogP contribution is 2.40. The van der Waals surface area contributed by atoms with E-state index < -0.39 is 0 Å². The van der Waals surface area contributed by atoms with E-state index in [-0.39, 0.29) is 0 Å². The van der Waals surface area contributed by atoms with Crippen LogP contribution in [0.5, 0.6) is 5.88 Å². The van der Waals surface area contributed by atoms with Gasteiger partial charge in [-0.1, -0.05) is 0 Å². The summed E-state index contributed by atoms with van der Waals surface area (Å²) in [6.07, 6.45) is 6.04. The van der Waals surface area contributed by atoms with Gasteiger partial charge in [0.05, 0.1) is 19.0 Å². The van der Waals surface area contributed by atoms with Crippen molar-refractivity contribution in [2.75, 3.05) is 7.11 Å². The van der Waals surface area contributed by atoms with E-state index in [4.69, 9.17) is 10.5 Å². The van der Waals surface area contributed by atoms with Crippen LogP contribution in [0.15, 0.2) is 23.6 Å². The number of hydrogen-bond donors (Lipinski definition) is 1. The van der Waals surface area contributed by atoms with Gasteiger partial charge in [0.2, 0.25) is 5.88 Å². The minimum Gasteiger partial charge on any atom is -0.481 e. The lowest BCUT2D eigenvalue weighted by Crippen LogP contribution is -2.10. The molecular weight excluding hydrogens is 230 g/mol. The summed E-state index contributed by atoms with van der Waals surface area (Å²) in [6, 6.07) is 0. The number of aliphatic imine (C=N–C) groups is 1.